The Hall–Kier alpha value is -1.58. The number of pyridine rings is 1. The van der Waals surface area contributed by atoms with Crippen LogP contribution in [0.5, 0.6) is 0 Å². The number of aryl methyl sites for hydroxylation is 1. The molecular weight excluding hydrogens is 190 g/mol. The normalized spacial score (nSPS) is 24.1. The molecule has 1 amide bonds. The molecule has 2 rings (SSSR count). The largest absolute Gasteiger partial charge is 0.354 e. The number of carbonyl (C=O) groups is 1. The van der Waals surface area contributed by atoms with Gasteiger partial charge in [-0.1, -0.05) is 6.92 Å². The highest BCUT2D eigenvalue weighted by Crippen LogP contribution is 2.30. The molecule has 0 bridgehead atoms. The lowest BCUT2D eigenvalue weighted by Gasteiger charge is -2.34. The van der Waals surface area contributed by atoms with E-state index in [1.807, 2.05) is 26.8 Å². The van der Waals surface area contributed by atoms with E-state index in [9.17, 15) is 4.79 Å². The fourth-order valence-corrected chi connectivity index (χ4v) is 1.59. The van der Waals surface area contributed by atoms with Gasteiger partial charge in [-0.05, 0) is 31.9 Å². The molecule has 2 heterocycles. The van der Waals surface area contributed by atoms with Gasteiger partial charge in [0.2, 0.25) is 5.91 Å². The van der Waals surface area contributed by atoms with Gasteiger partial charge in [0, 0.05) is 6.20 Å². The molecule has 1 aromatic rings. The number of nitrogens with zero attached hydrogens (tertiary/aromatic N) is 1. The Labute approximate surface area is 89.1 Å². The van der Waals surface area contributed by atoms with Gasteiger partial charge in [-0.2, -0.15) is 0 Å². The van der Waals surface area contributed by atoms with E-state index in [0.717, 1.165) is 23.5 Å². The molecule has 4 heteroatoms. The molecule has 0 aliphatic carbocycles. The molecule has 80 valence electrons. The first-order valence-electron chi connectivity index (χ1n) is 5.11. The molecule has 0 saturated carbocycles. The Bertz CT molecular complexity index is 416. The van der Waals surface area contributed by atoms with Crippen LogP contribution in [-0.2, 0) is 4.79 Å². The van der Waals surface area contributed by atoms with Crippen molar-refractivity contribution in [3.8, 4) is 0 Å². The molecule has 0 saturated heterocycles. The Balaban J connectivity index is 2.42. The molecule has 1 aliphatic heterocycles. The fourth-order valence-electron chi connectivity index (χ4n) is 1.59. The average Bonchev–Trinajstić information content (AvgIpc) is 2.20. The van der Waals surface area contributed by atoms with Crippen molar-refractivity contribution < 1.29 is 4.79 Å². The van der Waals surface area contributed by atoms with Crippen LogP contribution < -0.4 is 10.6 Å². The topological polar surface area (TPSA) is 54.0 Å². The molecule has 0 aromatic carbocycles. The lowest BCUT2D eigenvalue weighted by atomic mass is 9.95. The minimum Gasteiger partial charge on any atom is -0.354 e. The third kappa shape index (κ3) is 1.56. The predicted octanol–water partition coefficient (Wildman–Crippen LogP) is 1.92. The molecule has 1 unspecified atom stereocenters. The van der Waals surface area contributed by atoms with Gasteiger partial charge in [-0.15, -0.1) is 0 Å². The van der Waals surface area contributed by atoms with Crippen LogP contribution in [0.25, 0.3) is 0 Å². The van der Waals surface area contributed by atoms with Crippen molar-refractivity contribution in [2.24, 2.45) is 0 Å². The molecule has 0 spiro atoms. The van der Waals surface area contributed by atoms with E-state index in [-0.39, 0.29) is 5.91 Å². The van der Waals surface area contributed by atoms with Crippen LogP contribution >= 0.6 is 0 Å². The van der Waals surface area contributed by atoms with Crippen LogP contribution in [-0.4, -0.2) is 16.4 Å². The van der Waals surface area contributed by atoms with Crippen molar-refractivity contribution in [2.75, 3.05) is 10.6 Å². The van der Waals surface area contributed by atoms with Gasteiger partial charge in [-0.25, -0.2) is 4.98 Å². The quantitative estimate of drug-likeness (QED) is 0.736. The second kappa shape index (κ2) is 3.22. The molecule has 2 N–H and O–H groups in total. The highest BCUT2D eigenvalue weighted by atomic mass is 16.2. The Kier molecular flexibility index (Phi) is 2.14. The van der Waals surface area contributed by atoms with Crippen molar-refractivity contribution in [3.05, 3.63) is 17.8 Å². The second-order valence-electron chi connectivity index (χ2n) is 4.17. The monoisotopic (exact) mass is 205 g/mol. The Morgan fingerprint density at radius 1 is 1.53 bits per heavy atom. The van der Waals surface area contributed by atoms with Gasteiger partial charge < -0.3 is 10.6 Å². The summed E-state index contributed by atoms with van der Waals surface area (Å²) in [6, 6.07) is 1.92. The molecule has 1 atom stereocenters. The zero-order valence-electron chi connectivity index (χ0n) is 9.22. The zero-order valence-corrected chi connectivity index (χ0v) is 9.22. The summed E-state index contributed by atoms with van der Waals surface area (Å²) in [5.41, 5.74) is 1.26. The van der Waals surface area contributed by atoms with Crippen LogP contribution in [0.15, 0.2) is 12.3 Å². The smallest absolute Gasteiger partial charge is 0.249 e. The summed E-state index contributed by atoms with van der Waals surface area (Å²) in [4.78, 5) is 16.1. The standard InChI is InChI=1S/C11H15N3O/c1-4-11(3)10(15)13-8-5-7(2)6-12-9(8)14-11/h5-6H,4H2,1-3H3,(H,12,14)(H,13,15). The van der Waals surface area contributed by atoms with Crippen molar-refractivity contribution in [2.45, 2.75) is 32.7 Å². The van der Waals surface area contributed by atoms with Crippen LogP contribution in [0, 0.1) is 6.92 Å². The number of fused-ring (bicyclic) bond motifs is 1. The minimum absolute atomic E-state index is 0.00454. The average molecular weight is 205 g/mol. The lowest BCUT2D eigenvalue weighted by Crippen LogP contribution is -2.49. The van der Waals surface area contributed by atoms with E-state index in [1.165, 1.54) is 0 Å². The van der Waals surface area contributed by atoms with E-state index in [4.69, 9.17) is 0 Å². The predicted molar refractivity (Wildman–Crippen MR) is 59.9 cm³/mol. The van der Waals surface area contributed by atoms with Crippen molar-refractivity contribution >= 4 is 17.4 Å². The second-order valence-corrected chi connectivity index (χ2v) is 4.17. The van der Waals surface area contributed by atoms with E-state index in [0.29, 0.717) is 0 Å². The molecule has 1 aliphatic rings. The zero-order chi connectivity index (χ0) is 11.1. The summed E-state index contributed by atoms with van der Waals surface area (Å²) in [7, 11) is 0. The maximum Gasteiger partial charge on any atom is 0.249 e. The maximum atomic E-state index is 11.8. The summed E-state index contributed by atoms with van der Waals surface area (Å²) in [5.74, 6) is 0.759. The van der Waals surface area contributed by atoms with Crippen LogP contribution in [0.1, 0.15) is 25.8 Å². The number of nitrogens with one attached hydrogen (secondary N) is 2. The van der Waals surface area contributed by atoms with Gasteiger partial charge in [0.05, 0.1) is 5.69 Å². The summed E-state index contributed by atoms with van der Waals surface area (Å²) in [6.07, 6.45) is 2.52. The van der Waals surface area contributed by atoms with Gasteiger partial charge in [0.25, 0.3) is 0 Å². The maximum absolute atomic E-state index is 11.8. The fraction of sp³-hybridized carbons (Fsp3) is 0.455. The first-order chi connectivity index (χ1) is 7.05. The van der Waals surface area contributed by atoms with Crippen molar-refractivity contribution in [3.63, 3.8) is 0 Å². The SMILES string of the molecule is CCC1(C)Nc2ncc(C)cc2NC1=O. The third-order valence-electron chi connectivity index (χ3n) is 2.88. The number of rotatable bonds is 1. The van der Waals surface area contributed by atoms with E-state index < -0.39 is 5.54 Å². The summed E-state index contributed by atoms with van der Waals surface area (Å²) < 4.78 is 0. The summed E-state index contributed by atoms with van der Waals surface area (Å²) in [6.45, 7) is 5.81. The van der Waals surface area contributed by atoms with Crippen molar-refractivity contribution in [1.82, 2.24) is 4.98 Å². The molecule has 15 heavy (non-hydrogen) atoms. The number of carbonyl (C=O) groups excluding carboxylic acids is 1. The van der Waals surface area contributed by atoms with Crippen molar-refractivity contribution in [1.29, 1.82) is 0 Å². The van der Waals surface area contributed by atoms with Crippen LogP contribution in [0.4, 0.5) is 11.5 Å². The highest BCUT2D eigenvalue weighted by molar-refractivity contribution is 6.05. The molecule has 4 nitrogen and oxygen atoms in total. The molecule has 1 aromatic heterocycles. The van der Waals surface area contributed by atoms with E-state index >= 15 is 0 Å². The van der Waals surface area contributed by atoms with Gasteiger partial charge in [-0.3, -0.25) is 4.79 Å². The third-order valence-corrected chi connectivity index (χ3v) is 2.88. The van der Waals surface area contributed by atoms with E-state index in [2.05, 4.69) is 15.6 Å². The number of amides is 1. The number of anilines is 2. The number of aromatic nitrogens is 1. The molecule has 0 fully saturated rings. The van der Waals surface area contributed by atoms with Gasteiger partial charge in [0.1, 0.15) is 5.54 Å². The molecular formula is C11H15N3O. The number of hydrogen-bond acceptors (Lipinski definition) is 3. The lowest BCUT2D eigenvalue weighted by molar-refractivity contribution is -0.120. The summed E-state index contributed by atoms with van der Waals surface area (Å²) >= 11 is 0. The first kappa shape index (κ1) is 9.96. The molecule has 0 radical (unpaired) electrons. The first-order valence-corrected chi connectivity index (χ1v) is 5.11. The minimum atomic E-state index is -0.546. The highest BCUT2D eigenvalue weighted by Gasteiger charge is 2.36. The van der Waals surface area contributed by atoms with Gasteiger partial charge in [0.15, 0.2) is 5.82 Å². The Morgan fingerprint density at radius 2 is 2.27 bits per heavy atom. The van der Waals surface area contributed by atoms with Crippen LogP contribution in [0.2, 0.25) is 0 Å². The number of hydrogen-bond donors (Lipinski definition) is 2. The summed E-state index contributed by atoms with van der Waals surface area (Å²) in [5, 5.41) is 6.06. The van der Waals surface area contributed by atoms with Crippen LogP contribution in [0.3, 0.4) is 0 Å². The van der Waals surface area contributed by atoms with E-state index in [1.54, 1.807) is 6.20 Å². The Morgan fingerprint density at radius 3 is 2.93 bits per heavy atom. The van der Waals surface area contributed by atoms with Gasteiger partial charge >= 0.3 is 0 Å².